The van der Waals surface area contributed by atoms with Gasteiger partial charge in [-0.25, -0.2) is 0 Å². The first-order chi connectivity index (χ1) is 14.5. The lowest BCUT2D eigenvalue weighted by Crippen LogP contribution is -2.37. The van der Waals surface area contributed by atoms with Crippen molar-refractivity contribution in [1.82, 2.24) is 20.7 Å². The van der Waals surface area contributed by atoms with E-state index in [0.717, 1.165) is 11.1 Å². The second-order valence-electron chi connectivity index (χ2n) is 6.65. The SMILES string of the molecule is CNC(=O)c1ccc(CN(C)C(=O)CNC(=O)c2cc(-c3ccccc3)on2)cc1. The number of likely N-dealkylation sites (N-methyl/N-ethyl adjacent to an activating group) is 1. The van der Waals surface area contributed by atoms with E-state index in [1.807, 2.05) is 30.3 Å². The quantitative estimate of drug-likeness (QED) is 0.625. The van der Waals surface area contributed by atoms with E-state index in [4.69, 9.17) is 4.52 Å². The predicted octanol–water partition coefficient (Wildman–Crippen LogP) is 2.09. The fourth-order valence-corrected chi connectivity index (χ4v) is 2.77. The van der Waals surface area contributed by atoms with Crippen LogP contribution in [0.25, 0.3) is 11.3 Å². The van der Waals surface area contributed by atoms with Crippen molar-refractivity contribution < 1.29 is 18.9 Å². The van der Waals surface area contributed by atoms with Gasteiger partial charge in [0, 0.05) is 37.8 Å². The largest absolute Gasteiger partial charge is 0.355 e. The number of hydrogen-bond acceptors (Lipinski definition) is 5. The van der Waals surface area contributed by atoms with E-state index in [9.17, 15) is 14.4 Å². The summed E-state index contributed by atoms with van der Waals surface area (Å²) in [4.78, 5) is 37.7. The van der Waals surface area contributed by atoms with Gasteiger partial charge in [-0.2, -0.15) is 0 Å². The van der Waals surface area contributed by atoms with E-state index in [1.165, 1.54) is 11.0 Å². The Morgan fingerprint density at radius 3 is 2.37 bits per heavy atom. The fraction of sp³-hybridized carbons (Fsp3) is 0.182. The van der Waals surface area contributed by atoms with E-state index in [-0.39, 0.29) is 24.1 Å². The number of aromatic nitrogens is 1. The Hall–Kier alpha value is -3.94. The topological polar surface area (TPSA) is 105 Å². The fourth-order valence-electron chi connectivity index (χ4n) is 2.77. The molecular formula is C22H22N4O4. The van der Waals surface area contributed by atoms with Gasteiger partial charge in [-0.15, -0.1) is 0 Å². The molecule has 0 aliphatic rings. The lowest BCUT2D eigenvalue weighted by molar-refractivity contribution is -0.129. The molecule has 3 rings (SSSR count). The standard InChI is InChI=1S/C22H22N4O4/c1-23-21(28)17-10-8-15(9-11-17)14-26(2)20(27)13-24-22(29)18-12-19(30-25-18)16-6-4-3-5-7-16/h3-12H,13-14H2,1-2H3,(H,23,28)(H,24,29). The Morgan fingerprint density at radius 2 is 1.70 bits per heavy atom. The zero-order valence-electron chi connectivity index (χ0n) is 16.7. The predicted molar refractivity (Wildman–Crippen MR) is 111 cm³/mol. The molecule has 154 valence electrons. The molecule has 0 atom stereocenters. The Bertz CT molecular complexity index is 1030. The van der Waals surface area contributed by atoms with Gasteiger partial charge in [0.05, 0.1) is 6.54 Å². The van der Waals surface area contributed by atoms with Crippen molar-refractivity contribution in [1.29, 1.82) is 0 Å². The van der Waals surface area contributed by atoms with Crippen LogP contribution in [0.5, 0.6) is 0 Å². The zero-order chi connectivity index (χ0) is 21.5. The molecule has 0 saturated heterocycles. The molecule has 2 N–H and O–H groups in total. The van der Waals surface area contributed by atoms with Crippen LogP contribution in [0, 0.1) is 0 Å². The number of rotatable bonds is 7. The third kappa shape index (κ3) is 5.11. The van der Waals surface area contributed by atoms with Gasteiger partial charge >= 0.3 is 0 Å². The van der Waals surface area contributed by atoms with Gasteiger partial charge in [-0.1, -0.05) is 47.6 Å². The number of carbonyl (C=O) groups excluding carboxylic acids is 3. The second kappa shape index (κ2) is 9.51. The van der Waals surface area contributed by atoms with Gasteiger partial charge in [0.25, 0.3) is 11.8 Å². The molecule has 0 aliphatic carbocycles. The van der Waals surface area contributed by atoms with Crippen LogP contribution in [0.1, 0.15) is 26.4 Å². The summed E-state index contributed by atoms with van der Waals surface area (Å²) in [6.45, 7) is 0.185. The molecule has 3 aromatic rings. The van der Waals surface area contributed by atoms with Crippen LogP contribution in [0.15, 0.2) is 65.2 Å². The average molecular weight is 406 g/mol. The van der Waals surface area contributed by atoms with Crippen LogP contribution in [-0.4, -0.2) is 48.4 Å². The number of amides is 3. The Balaban J connectivity index is 1.51. The molecule has 1 aromatic heterocycles. The Morgan fingerprint density at radius 1 is 1.00 bits per heavy atom. The number of carbonyl (C=O) groups is 3. The molecule has 2 aromatic carbocycles. The van der Waals surface area contributed by atoms with Crippen molar-refractivity contribution in [2.75, 3.05) is 20.6 Å². The normalized spacial score (nSPS) is 10.3. The van der Waals surface area contributed by atoms with Gasteiger partial charge in [0.15, 0.2) is 11.5 Å². The number of hydrogen-bond donors (Lipinski definition) is 2. The lowest BCUT2D eigenvalue weighted by atomic mass is 10.1. The Labute approximate surface area is 173 Å². The van der Waals surface area contributed by atoms with Gasteiger partial charge in [-0.3, -0.25) is 14.4 Å². The highest BCUT2D eigenvalue weighted by atomic mass is 16.5. The van der Waals surface area contributed by atoms with Gasteiger partial charge in [0.2, 0.25) is 5.91 Å². The maximum Gasteiger partial charge on any atom is 0.273 e. The molecule has 0 aliphatic heterocycles. The molecule has 0 saturated carbocycles. The number of benzene rings is 2. The minimum Gasteiger partial charge on any atom is -0.355 e. The van der Waals surface area contributed by atoms with Crippen LogP contribution >= 0.6 is 0 Å². The monoisotopic (exact) mass is 406 g/mol. The van der Waals surface area contributed by atoms with Gasteiger partial charge < -0.3 is 20.1 Å². The van der Waals surface area contributed by atoms with E-state index in [0.29, 0.717) is 17.9 Å². The summed E-state index contributed by atoms with van der Waals surface area (Å²) in [5, 5.41) is 8.88. The molecule has 1 heterocycles. The van der Waals surface area contributed by atoms with Crippen LogP contribution in [-0.2, 0) is 11.3 Å². The maximum absolute atomic E-state index is 12.3. The first kappa shape index (κ1) is 20.8. The van der Waals surface area contributed by atoms with E-state index < -0.39 is 5.91 Å². The molecule has 30 heavy (non-hydrogen) atoms. The van der Waals surface area contributed by atoms with Gasteiger partial charge in [0.1, 0.15) is 0 Å². The molecule has 8 heteroatoms. The highest BCUT2D eigenvalue weighted by Crippen LogP contribution is 2.19. The third-order valence-corrected chi connectivity index (χ3v) is 4.49. The van der Waals surface area contributed by atoms with Crippen molar-refractivity contribution >= 4 is 17.7 Å². The summed E-state index contributed by atoms with van der Waals surface area (Å²) in [5.74, 6) is -0.440. The molecule has 0 bridgehead atoms. The first-order valence-corrected chi connectivity index (χ1v) is 9.33. The van der Waals surface area contributed by atoms with Crippen molar-refractivity contribution in [3.8, 4) is 11.3 Å². The van der Waals surface area contributed by atoms with Gasteiger partial charge in [-0.05, 0) is 17.7 Å². The first-order valence-electron chi connectivity index (χ1n) is 9.33. The van der Waals surface area contributed by atoms with Crippen LogP contribution in [0.3, 0.4) is 0 Å². The Kier molecular flexibility index (Phi) is 6.59. The minimum absolute atomic E-state index is 0.106. The van der Waals surface area contributed by atoms with Crippen molar-refractivity contribution in [3.05, 3.63) is 77.5 Å². The highest BCUT2D eigenvalue weighted by molar-refractivity contribution is 5.95. The molecule has 0 unspecified atom stereocenters. The number of nitrogens with zero attached hydrogens (tertiary/aromatic N) is 2. The maximum atomic E-state index is 12.3. The van der Waals surface area contributed by atoms with Crippen LogP contribution in [0.4, 0.5) is 0 Å². The smallest absolute Gasteiger partial charge is 0.273 e. The van der Waals surface area contributed by atoms with Crippen molar-refractivity contribution in [2.24, 2.45) is 0 Å². The summed E-state index contributed by atoms with van der Waals surface area (Å²) in [7, 11) is 3.21. The lowest BCUT2D eigenvalue weighted by Gasteiger charge is -2.17. The second-order valence-corrected chi connectivity index (χ2v) is 6.65. The van der Waals surface area contributed by atoms with E-state index >= 15 is 0 Å². The summed E-state index contributed by atoms with van der Waals surface area (Å²) in [6.07, 6.45) is 0. The zero-order valence-corrected chi connectivity index (χ0v) is 16.7. The third-order valence-electron chi connectivity index (χ3n) is 4.49. The highest BCUT2D eigenvalue weighted by Gasteiger charge is 2.16. The minimum atomic E-state index is -0.488. The van der Waals surface area contributed by atoms with Crippen LogP contribution in [0.2, 0.25) is 0 Å². The average Bonchev–Trinajstić information content (AvgIpc) is 3.28. The molecule has 0 spiro atoms. The molecule has 0 fully saturated rings. The van der Waals surface area contributed by atoms with Crippen molar-refractivity contribution in [2.45, 2.75) is 6.54 Å². The summed E-state index contributed by atoms with van der Waals surface area (Å²) < 4.78 is 5.20. The summed E-state index contributed by atoms with van der Waals surface area (Å²) in [5.41, 5.74) is 2.33. The van der Waals surface area contributed by atoms with E-state index in [2.05, 4.69) is 15.8 Å². The van der Waals surface area contributed by atoms with E-state index in [1.54, 1.807) is 38.4 Å². The summed E-state index contributed by atoms with van der Waals surface area (Å²) >= 11 is 0. The molecule has 3 amide bonds. The molecule has 0 radical (unpaired) electrons. The molecular weight excluding hydrogens is 384 g/mol. The number of nitrogens with one attached hydrogen (secondary N) is 2. The summed E-state index contributed by atoms with van der Waals surface area (Å²) in [6, 6.07) is 17.8. The van der Waals surface area contributed by atoms with Crippen molar-refractivity contribution in [3.63, 3.8) is 0 Å². The van der Waals surface area contributed by atoms with Crippen LogP contribution < -0.4 is 10.6 Å². The molecule has 8 nitrogen and oxygen atoms in total.